The van der Waals surface area contributed by atoms with Gasteiger partial charge < -0.3 is 19.4 Å². The molecule has 0 saturated carbocycles. The maximum absolute atomic E-state index is 12.4. The van der Waals surface area contributed by atoms with Crippen LogP contribution in [-0.4, -0.2) is 79.9 Å². The number of hydrogen-bond donors (Lipinski definition) is 0. The Kier molecular flexibility index (Phi) is 7.25. The van der Waals surface area contributed by atoms with Crippen LogP contribution in [0.3, 0.4) is 0 Å². The van der Waals surface area contributed by atoms with Gasteiger partial charge >= 0.3 is 0 Å². The number of ether oxygens (including phenoxy) is 1. The topological polar surface area (TPSA) is 53.1 Å². The van der Waals surface area contributed by atoms with Gasteiger partial charge in [-0.1, -0.05) is 42.5 Å². The lowest BCUT2D eigenvalue weighted by atomic mass is 10.1. The first kappa shape index (κ1) is 20.9. The number of carbonyl (C=O) groups excluding carboxylic acids is 2. The first-order valence-corrected chi connectivity index (χ1v) is 10.0. The van der Waals surface area contributed by atoms with E-state index in [0.717, 1.165) is 17.7 Å². The van der Waals surface area contributed by atoms with Crippen molar-refractivity contribution in [1.29, 1.82) is 0 Å². The second kappa shape index (κ2) is 10.1. The SMILES string of the molecule is CN(C)CCC(=O)N1CCN(C(=O)COc2ccc(-c3ccccc3)cc2)CC1. The molecule has 154 valence electrons. The molecule has 0 aromatic heterocycles. The molecule has 2 amide bonds. The summed E-state index contributed by atoms with van der Waals surface area (Å²) in [7, 11) is 3.91. The fraction of sp³-hybridized carbons (Fsp3) is 0.391. The summed E-state index contributed by atoms with van der Waals surface area (Å²) in [4.78, 5) is 30.3. The monoisotopic (exact) mass is 395 g/mol. The molecule has 1 saturated heterocycles. The van der Waals surface area contributed by atoms with Crippen molar-refractivity contribution in [3.05, 3.63) is 54.6 Å². The maximum atomic E-state index is 12.4. The Balaban J connectivity index is 1.43. The van der Waals surface area contributed by atoms with E-state index in [0.29, 0.717) is 38.3 Å². The van der Waals surface area contributed by atoms with Crippen LogP contribution >= 0.6 is 0 Å². The van der Waals surface area contributed by atoms with Gasteiger partial charge in [0.05, 0.1) is 0 Å². The van der Waals surface area contributed by atoms with Crippen molar-refractivity contribution in [1.82, 2.24) is 14.7 Å². The van der Waals surface area contributed by atoms with E-state index in [1.54, 1.807) is 4.90 Å². The van der Waals surface area contributed by atoms with Gasteiger partial charge in [0.1, 0.15) is 5.75 Å². The molecule has 0 radical (unpaired) electrons. The van der Waals surface area contributed by atoms with Crippen LogP contribution in [0.5, 0.6) is 5.75 Å². The Hall–Kier alpha value is -2.86. The Bertz CT molecular complexity index is 798. The molecule has 0 spiro atoms. The number of benzene rings is 2. The van der Waals surface area contributed by atoms with Crippen LogP contribution in [0.4, 0.5) is 0 Å². The Morgan fingerprint density at radius 1 is 0.828 bits per heavy atom. The summed E-state index contributed by atoms with van der Waals surface area (Å²) in [5, 5.41) is 0. The molecule has 0 unspecified atom stereocenters. The van der Waals surface area contributed by atoms with Crippen molar-refractivity contribution in [2.45, 2.75) is 6.42 Å². The lowest BCUT2D eigenvalue weighted by Gasteiger charge is -2.35. The highest BCUT2D eigenvalue weighted by Gasteiger charge is 2.24. The number of rotatable bonds is 7. The molecule has 1 heterocycles. The summed E-state index contributed by atoms with van der Waals surface area (Å²) in [6.45, 7) is 3.05. The summed E-state index contributed by atoms with van der Waals surface area (Å²) in [6, 6.07) is 17.9. The van der Waals surface area contributed by atoms with Gasteiger partial charge in [-0.05, 0) is 37.4 Å². The molecule has 0 atom stereocenters. The van der Waals surface area contributed by atoms with Crippen molar-refractivity contribution in [3.8, 4) is 16.9 Å². The molecule has 0 N–H and O–H groups in total. The minimum atomic E-state index is -0.0440. The van der Waals surface area contributed by atoms with E-state index in [-0.39, 0.29) is 18.4 Å². The van der Waals surface area contributed by atoms with Crippen LogP contribution in [0.15, 0.2) is 54.6 Å². The van der Waals surface area contributed by atoms with Gasteiger partial charge in [-0.25, -0.2) is 0 Å². The summed E-state index contributed by atoms with van der Waals surface area (Å²) in [5.74, 6) is 0.786. The van der Waals surface area contributed by atoms with E-state index in [4.69, 9.17) is 4.74 Å². The molecule has 29 heavy (non-hydrogen) atoms. The van der Waals surface area contributed by atoms with E-state index in [1.807, 2.05) is 66.4 Å². The molecule has 2 aromatic rings. The van der Waals surface area contributed by atoms with Crippen molar-refractivity contribution in [2.24, 2.45) is 0 Å². The minimum Gasteiger partial charge on any atom is -0.484 e. The van der Waals surface area contributed by atoms with Gasteiger partial charge in [-0.2, -0.15) is 0 Å². The van der Waals surface area contributed by atoms with Crippen LogP contribution < -0.4 is 4.74 Å². The van der Waals surface area contributed by atoms with Gasteiger partial charge in [0, 0.05) is 39.1 Å². The van der Waals surface area contributed by atoms with Crippen molar-refractivity contribution in [2.75, 3.05) is 53.4 Å². The summed E-state index contributed by atoms with van der Waals surface area (Å²) in [6.07, 6.45) is 0.517. The number of hydrogen-bond acceptors (Lipinski definition) is 4. The lowest BCUT2D eigenvalue weighted by Crippen LogP contribution is -2.51. The summed E-state index contributed by atoms with van der Waals surface area (Å²) >= 11 is 0. The van der Waals surface area contributed by atoms with E-state index in [1.165, 1.54) is 0 Å². The molecule has 0 aliphatic carbocycles. The fourth-order valence-electron chi connectivity index (χ4n) is 3.29. The van der Waals surface area contributed by atoms with Gasteiger partial charge in [-0.15, -0.1) is 0 Å². The number of carbonyl (C=O) groups is 2. The van der Waals surface area contributed by atoms with Crippen LogP contribution in [-0.2, 0) is 9.59 Å². The maximum Gasteiger partial charge on any atom is 0.260 e. The van der Waals surface area contributed by atoms with E-state index < -0.39 is 0 Å². The minimum absolute atomic E-state index is 0.0132. The van der Waals surface area contributed by atoms with Crippen molar-refractivity contribution < 1.29 is 14.3 Å². The average Bonchev–Trinajstić information content (AvgIpc) is 2.77. The lowest BCUT2D eigenvalue weighted by molar-refractivity contribution is -0.140. The Morgan fingerprint density at radius 2 is 1.38 bits per heavy atom. The van der Waals surface area contributed by atoms with E-state index in [2.05, 4.69) is 12.1 Å². The normalized spacial score (nSPS) is 14.2. The highest BCUT2D eigenvalue weighted by atomic mass is 16.5. The molecule has 6 nitrogen and oxygen atoms in total. The van der Waals surface area contributed by atoms with Crippen LogP contribution in [0.1, 0.15) is 6.42 Å². The second-order valence-corrected chi connectivity index (χ2v) is 7.49. The summed E-state index contributed by atoms with van der Waals surface area (Å²) < 4.78 is 5.67. The number of piperazine rings is 1. The van der Waals surface area contributed by atoms with Crippen molar-refractivity contribution >= 4 is 11.8 Å². The molecule has 1 aliphatic heterocycles. The van der Waals surface area contributed by atoms with Gasteiger partial charge in [0.25, 0.3) is 5.91 Å². The Labute approximate surface area is 172 Å². The molecule has 0 bridgehead atoms. The second-order valence-electron chi connectivity index (χ2n) is 7.49. The highest BCUT2D eigenvalue weighted by Crippen LogP contribution is 2.22. The molecule has 6 heteroatoms. The molecule has 1 fully saturated rings. The fourth-order valence-corrected chi connectivity index (χ4v) is 3.29. The van der Waals surface area contributed by atoms with Gasteiger partial charge in [-0.3, -0.25) is 9.59 Å². The first-order chi connectivity index (χ1) is 14.0. The standard InChI is InChI=1S/C23H29N3O3/c1-24(2)13-12-22(27)25-14-16-26(17-15-25)23(28)18-29-21-10-8-20(9-11-21)19-6-4-3-5-7-19/h3-11H,12-18H2,1-2H3. The molecule has 2 aromatic carbocycles. The van der Waals surface area contributed by atoms with Gasteiger partial charge in [0.2, 0.25) is 5.91 Å². The molecular weight excluding hydrogens is 366 g/mol. The van der Waals surface area contributed by atoms with E-state index >= 15 is 0 Å². The third kappa shape index (κ3) is 6.06. The predicted molar refractivity (Wildman–Crippen MR) is 114 cm³/mol. The Morgan fingerprint density at radius 3 is 1.97 bits per heavy atom. The van der Waals surface area contributed by atoms with Crippen molar-refractivity contribution in [3.63, 3.8) is 0 Å². The van der Waals surface area contributed by atoms with Crippen LogP contribution in [0, 0.1) is 0 Å². The third-order valence-electron chi connectivity index (χ3n) is 5.08. The smallest absolute Gasteiger partial charge is 0.260 e. The third-order valence-corrected chi connectivity index (χ3v) is 5.08. The number of nitrogens with zero attached hydrogens (tertiary/aromatic N) is 3. The molecular formula is C23H29N3O3. The zero-order chi connectivity index (χ0) is 20.6. The molecule has 1 aliphatic rings. The first-order valence-electron chi connectivity index (χ1n) is 10.0. The number of amides is 2. The predicted octanol–water partition coefficient (Wildman–Crippen LogP) is 2.35. The van der Waals surface area contributed by atoms with Crippen LogP contribution in [0.2, 0.25) is 0 Å². The highest BCUT2D eigenvalue weighted by molar-refractivity contribution is 5.79. The van der Waals surface area contributed by atoms with Crippen LogP contribution in [0.25, 0.3) is 11.1 Å². The van der Waals surface area contributed by atoms with Gasteiger partial charge in [0.15, 0.2) is 6.61 Å². The summed E-state index contributed by atoms with van der Waals surface area (Å²) in [5.41, 5.74) is 2.26. The average molecular weight is 396 g/mol. The largest absolute Gasteiger partial charge is 0.484 e. The quantitative estimate of drug-likeness (QED) is 0.722. The molecule has 3 rings (SSSR count). The zero-order valence-electron chi connectivity index (χ0n) is 17.2. The zero-order valence-corrected chi connectivity index (χ0v) is 17.2. The van der Waals surface area contributed by atoms with E-state index in [9.17, 15) is 9.59 Å².